The Morgan fingerprint density at radius 2 is 1.17 bits per heavy atom. The molecule has 0 aromatic heterocycles. The second-order valence-corrected chi connectivity index (χ2v) is 0.471. The van der Waals surface area contributed by atoms with Gasteiger partial charge < -0.3 is 0 Å². The van der Waals surface area contributed by atoms with Gasteiger partial charge in [-0.25, -0.2) is 0 Å². The van der Waals surface area contributed by atoms with Crippen LogP contribution in [0.5, 0.6) is 0 Å². The predicted octanol–water partition coefficient (Wildman–Crippen LogP) is 1.43. The molecule has 0 atom stereocenters. The maximum atomic E-state index is 7.00. The van der Waals surface area contributed by atoms with Gasteiger partial charge in [0.15, 0.2) is 0 Å². The summed E-state index contributed by atoms with van der Waals surface area (Å²) in [5.74, 6) is 0. The van der Waals surface area contributed by atoms with Gasteiger partial charge in [0.25, 0.3) is 0 Å². The molecule has 0 N–H and O–H groups in total. The number of hydrogen-bond donors (Lipinski definition) is 0. The van der Waals surface area contributed by atoms with Crippen LogP contribution in [0.2, 0.25) is 0 Å². The Hall–Kier alpha value is -0.920. The van der Waals surface area contributed by atoms with Crippen molar-refractivity contribution >= 4 is 0 Å². The molecule has 0 aliphatic carbocycles. The maximum Gasteiger partial charge on any atom is 0 e. The minimum absolute atomic E-state index is 1.64. The van der Waals surface area contributed by atoms with E-state index in [9.17, 15) is 0 Å². The van der Waals surface area contributed by atoms with Crippen LogP contribution >= 0.6 is 0 Å². The van der Waals surface area contributed by atoms with Crippen molar-refractivity contribution in [3.05, 3.63) is 35.2 Å². The van der Waals surface area contributed by atoms with E-state index in [4.69, 9.17) is 9.93 Å². The Balaban J connectivity index is 0. The smallest absolute Gasteiger partial charge is 0 e. The first-order valence-corrected chi connectivity index (χ1v) is 1.32. The van der Waals surface area contributed by atoms with Crippen molar-refractivity contribution in [2.45, 2.75) is 0 Å². The molecular weight excluding hydrogens is 80.0 g/mol. The summed E-state index contributed by atoms with van der Waals surface area (Å²) in [6, 6.07) is 0. The van der Waals surface area contributed by atoms with E-state index in [0.717, 1.165) is 0 Å². The van der Waals surface area contributed by atoms with Crippen LogP contribution in [0, 0.1) is 9.93 Å². The van der Waals surface area contributed by atoms with Crippen LogP contribution in [0.25, 0.3) is 0 Å². The molecule has 2 nitrogen and oxygen atoms in total. The third kappa shape index (κ3) is 2080. The van der Waals surface area contributed by atoms with Crippen molar-refractivity contribution in [2.24, 2.45) is 0 Å². The maximum absolute atomic E-state index is 7.00. The first-order chi connectivity index (χ1) is 2.91. The molecule has 0 aliphatic rings. The van der Waals surface area contributed by atoms with E-state index in [1.165, 1.54) is 0 Å². The van der Waals surface area contributed by atoms with Crippen LogP contribution in [-0.4, -0.2) is 0 Å². The minimum Gasteiger partial charge on any atom is -0.0991 e. The van der Waals surface area contributed by atoms with E-state index in [0.29, 0.717) is 0 Å². The van der Waals surface area contributed by atoms with Crippen LogP contribution in [0.4, 0.5) is 0 Å². The van der Waals surface area contributed by atoms with Gasteiger partial charge in [0.2, 0.25) is 0 Å². The zero-order valence-corrected chi connectivity index (χ0v) is 3.39. The Labute approximate surface area is 36.4 Å². The average molecular weight is 86.1 g/mol. The van der Waals surface area contributed by atoms with E-state index in [1.807, 2.05) is 0 Å². The van der Waals surface area contributed by atoms with Crippen LogP contribution in [0.1, 0.15) is 0 Å². The second-order valence-electron chi connectivity index (χ2n) is 0.471. The van der Waals surface area contributed by atoms with Crippen LogP contribution < -0.4 is 0 Å². The van der Waals surface area contributed by atoms with Gasteiger partial charge in [-0.05, 0) is 0 Å². The highest BCUT2D eigenvalue weighted by molar-refractivity contribution is 4.88. The largest absolute Gasteiger partial charge is 0.0991 e. The monoisotopic (exact) mass is 86.0 g/mol. The molecule has 0 heterocycles. The number of allylic oxidation sites excluding steroid dienone is 2. The summed E-state index contributed by atoms with van der Waals surface area (Å²) in [5.41, 5.74) is 0. The fourth-order valence-corrected chi connectivity index (χ4v) is 0. The van der Waals surface area contributed by atoms with Gasteiger partial charge in [-0.15, -0.1) is 0 Å². The van der Waals surface area contributed by atoms with Crippen molar-refractivity contribution in [1.82, 2.24) is 0 Å². The Kier molecular flexibility index (Phi) is 49.3. The van der Waals surface area contributed by atoms with Gasteiger partial charge in [-0.2, -0.15) is 0 Å². The first kappa shape index (κ1) is 8.91. The highest BCUT2D eigenvalue weighted by atomic mass is 16.7. The molecular formula is C4H6O2. The fraction of sp³-hybridized carbons (Fsp3) is 0. The molecule has 0 amide bonds. The molecule has 2 heteroatoms. The molecule has 0 saturated carbocycles. The van der Waals surface area contributed by atoms with Gasteiger partial charge in [0, 0.05) is 9.93 Å². The summed E-state index contributed by atoms with van der Waals surface area (Å²) >= 11 is 0. The van der Waals surface area contributed by atoms with Crippen LogP contribution in [0.15, 0.2) is 25.3 Å². The molecule has 6 heavy (non-hydrogen) atoms. The van der Waals surface area contributed by atoms with Gasteiger partial charge in [0.1, 0.15) is 0 Å². The van der Waals surface area contributed by atoms with Crippen molar-refractivity contribution in [3.63, 3.8) is 0 Å². The van der Waals surface area contributed by atoms with E-state index >= 15 is 0 Å². The summed E-state index contributed by atoms with van der Waals surface area (Å²) in [7, 11) is 0. The van der Waals surface area contributed by atoms with Crippen molar-refractivity contribution in [2.75, 3.05) is 0 Å². The Morgan fingerprint density at radius 3 is 1.17 bits per heavy atom. The van der Waals surface area contributed by atoms with E-state index in [2.05, 4.69) is 13.2 Å². The van der Waals surface area contributed by atoms with Crippen LogP contribution in [0.3, 0.4) is 0 Å². The lowest BCUT2D eigenvalue weighted by Gasteiger charge is -1.44. The Morgan fingerprint density at radius 1 is 1.00 bits per heavy atom. The zero-order valence-electron chi connectivity index (χ0n) is 3.39. The summed E-state index contributed by atoms with van der Waals surface area (Å²) in [4.78, 5) is 14.0. The third-order valence-corrected chi connectivity index (χ3v) is 0.167. The van der Waals surface area contributed by atoms with E-state index in [-0.39, 0.29) is 0 Å². The molecule has 0 rings (SSSR count). The fourth-order valence-electron chi connectivity index (χ4n) is 0. The molecule has 0 aromatic carbocycles. The molecule has 0 saturated heterocycles. The van der Waals surface area contributed by atoms with Crippen LogP contribution in [-0.2, 0) is 0 Å². The quantitative estimate of drug-likeness (QED) is 0.452. The SMILES string of the molecule is C=CC=C.O=O. The van der Waals surface area contributed by atoms with Gasteiger partial charge >= 0.3 is 0 Å². The molecule has 0 bridgehead atoms. The average Bonchev–Trinajstić information content (AvgIpc) is 1.72. The van der Waals surface area contributed by atoms with Crippen molar-refractivity contribution in [3.8, 4) is 0 Å². The normalized spacial score (nSPS) is 4.00. The van der Waals surface area contributed by atoms with Gasteiger partial charge in [0.05, 0.1) is 0 Å². The molecule has 0 aliphatic heterocycles. The lowest BCUT2D eigenvalue weighted by Crippen LogP contribution is -1.21. The molecule has 0 radical (unpaired) electrons. The Bertz CT molecular complexity index is 34.8. The third-order valence-electron chi connectivity index (χ3n) is 0.167. The number of hydrogen-bond acceptors (Lipinski definition) is 2. The highest BCUT2D eigenvalue weighted by Crippen LogP contribution is 1.52. The second kappa shape index (κ2) is 33.2. The molecule has 0 fully saturated rings. The summed E-state index contributed by atoms with van der Waals surface area (Å²) in [6.07, 6.45) is 3.28. The van der Waals surface area contributed by atoms with E-state index in [1.54, 1.807) is 12.2 Å². The van der Waals surface area contributed by atoms with E-state index < -0.39 is 0 Å². The summed E-state index contributed by atoms with van der Waals surface area (Å²) < 4.78 is 0. The summed E-state index contributed by atoms with van der Waals surface area (Å²) in [5, 5.41) is 0. The number of rotatable bonds is 1. The van der Waals surface area contributed by atoms with Crippen molar-refractivity contribution < 1.29 is 0 Å². The lowest BCUT2D eigenvalue weighted by atomic mass is 10.6. The van der Waals surface area contributed by atoms with Gasteiger partial charge in [-0.3, -0.25) is 0 Å². The zero-order chi connectivity index (χ0) is 5.41. The molecule has 34 valence electrons. The summed E-state index contributed by atoms with van der Waals surface area (Å²) in [6.45, 7) is 6.72. The first-order valence-electron chi connectivity index (χ1n) is 1.32. The topological polar surface area (TPSA) is 34.1 Å². The van der Waals surface area contributed by atoms with Crippen molar-refractivity contribution in [1.29, 1.82) is 0 Å². The standard InChI is InChI=1S/C4H6.O2/c1-3-4-2;1-2/h3-4H,1-2H2;. The molecule has 0 unspecified atom stereocenters. The predicted molar refractivity (Wildman–Crippen MR) is 27.1 cm³/mol. The highest BCUT2D eigenvalue weighted by Gasteiger charge is 1.29. The van der Waals surface area contributed by atoms with Gasteiger partial charge in [-0.1, -0.05) is 25.3 Å². The minimum atomic E-state index is 1.64. The molecule has 0 aromatic rings. The lowest BCUT2D eigenvalue weighted by molar-refractivity contribution is 2.15. The molecule has 0 spiro atoms.